The number of aliphatic hydroxyl groups is 1. The van der Waals surface area contributed by atoms with Crippen LogP contribution in [0.25, 0.3) is 0 Å². The molecule has 0 unspecified atom stereocenters. The number of anilines is 2. The summed E-state index contributed by atoms with van der Waals surface area (Å²) < 4.78 is 23.1. The number of carbonyl (C=O) groups is 1. The Morgan fingerprint density at radius 1 is 1.00 bits per heavy atom. The van der Waals surface area contributed by atoms with Gasteiger partial charge in [0.1, 0.15) is 0 Å². The summed E-state index contributed by atoms with van der Waals surface area (Å²) in [5.41, 5.74) is 5.46. The van der Waals surface area contributed by atoms with E-state index in [2.05, 4.69) is 40.2 Å². The summed E-state index contributed by atoms with van der Waals surface area (Å²) in [6, 6.07) is 23.4. The Bertz CT molecular complexity index is 1300. The van der Waals surface area contributed by atoms with Gasteiger partial charge < -0.3 is 21.1 Å². The third-order valence-electron chi connectivity index (χ3n) is 7.98. The number of amides is 1. The quantitative estimate of drug-likeness (QED) is 0.174. The number of hydrogen-bond acceptors (Lipinski definition) is 7. The molecule has 42 heavy (non-hydrogen) atoms. The van der Waals surface area contributed by atoms with E-state index in [1.807, 2.05) is 43.3 Å². The molecule has 5 rings (SSSR count). The van der Waals surface area contributed by atoms with E-state index in [4.69, 9.17) is 0 Å². The van der Waals surface area contributed by atoms with Crippen LogP contribution in [0.1, 0.15) is 46.8 Å². The summed E-state index contributed by atoms with van der Waals surface area (Å²) in [6.07, 6.45) is 3.13. The number of rotatable bonds is 11. The van der Waals surface area contributed by atoms with Crippen molar-refractivity contribution in [2.45, 2.75) is 57.2 Å². The lowest BCUT2D eigenvalue weighted by Gasteiger charge is -2.47. The molecule has 1 heterocycles. The zero-order valence-corrected chi connectivity index (χ0v) is 25.7. The predicted molar refractivity (Wildman–Crippen MR) is 175 cm³/mol. The minimum absolute atomic E-state index is 0. The second-order valence-electron chi connectivity index (χ2n) is 11.1. The van der Waals surface area contributed by atoms with Gasteiger partial charge in [-0.2, -0.15) is 0 Å². The van der Waals surface area contributed by atoms with E-state index >= 15 is 0 Å². The minimum Gasteiger partial charge on any atom is -0.390 e. The molecule has 0 aromatic heterocycles. The maximum absolute atomic E-state index is 13.7. The van der Waals surface area contributed by atoms with Crippen LogP contribution in [0.5, 0.6) is 0 Å². The molecule has 1 aliphatic heterocycles. The van der Waals surface area contributed by atoms with Crippen molar-refractivity contribution in [3.63, 3.8) is 0 Å². The molecule has 1 amide bonds. The highest BCUT2D eigenvalue weighted by Gasteiger charge is 2.29. The standard InChI is InChI=1S/C32H42N4O4S.ClH/c1-2-33-28-19-26(20-29(21-28)36-14-8-9-15-41(36,39)40)32(38)35-30(16-23-10-4-3-5-11-23)31(37)22-34-27-17-24-12-6-7-13-25(24)18-27;/h3-7,10-13,19-21,27,30-31,33-34,37,39-40H,2,8-9,14-18,22H2,1H3,(H,35,38);1H/t30-,31+;/m0./s1. The van der Waals surface area contributed by atoms with Gasteiger partial charge in [0.05, 0.1) is 23.6 Å². The smallest absolute Gasteiger partial charge is 0.251 e. The van der Waals surface area contributed by atoms with Crippen LogP contribution in [0, 0.1) is 0 Å². The number of nitrogens with one attached hydrogen (secondary N) is 3. The molecule has 1 aliphatic carbocycles. The zero-order valence-electron chi connectivity index (χ0n) is 24.0. The van der Waals surface area contributed by atoms with Crippen molar-refractivity contribution in [1.29, 1.82) is 0 Å². The van der Waals surface area contributed by atoms with Crippen molar-refractivity contribution < 1.29 is 19.0 Å². The van der Waals surface area contributed by atoms with Crippen molar-refractivity contribution >= 4 is 40.5 Å². The number of fused-ring (bicyclic) bond motifs is 1. The average Bonchev–Trinajstić information content (AvgIpc) is 3.39. The number of halogens is 1. The Morgan fingerprint density at radius 2 is 1.69 bits per heavy atom. The Kier molecular flexibility index (Phi) is 11.2. The minimum atomic E-state index is -2.94. The molecule has 0 saturated carbocycles. The van der Waals surface area contributed by atoms with Crippen LogP contribution in [-0.4, -0.2) is 63.7 Å². The number of aliphatic hydroxyl groups excluding tert-OH is 1. The Balaban J connectivity index is 0.00000405. The average molecular weight is 615 g/mol. The van der Waals surface area contributed by atoms with Crippen LogP contribution >= 0.6 is 23.2 Å². The lowest BCUT2D eigenvalue weighted by molar-refractivity contribution is 0.0825. The highest BCUT2D eigenvalue weighted by Crippen LogP contribution is 2.50. The van der Waals surface area contributed by atoms with Crippen LogP contribution in [-0.2, 0) is 19.3 Å². The van der Waals surface area contributed by atoms with Crippen LogP contribution < -0.4 is 20.3 Å². The largest absolute Gasteiger partial charge is 0.390 e. The molecule has 0 bridgehead atoms. The van der Waals surface area contributed by atoms with Gasteiger partial charge in [0.15, 0.2) is 0 Å². The van der Waals surface area contributed by atoms with E-state index in [-0.39, 0.29) is 24.4 Å². The Labute approximate surface area is 256 Å². The van der Waals surface area contributed by atoms with Crippen molar-refractivity contribution in [2.24, 2.45) is 0 Å². The van der Waals surface area contributed by atoms with Gasteiger partial charge in [-0.3, -0.25) is 18.2 Å². The van der Waals surface area contributed by atoms with Gasteiger partial charge in [0.2, 0.25) is 0 Å². The van der Waals surface area contributed by atoms with Crippen LogP contribution in [0.4, 0.5) is 11.4 Å². The summed E-state index contributed by atoms with van der Waals surface area (Å²) in [6.45, 7) is 3.51. The molecule has 3 aromatic rings. The number of nitrogens with zero attached hydrogens (tertiary/aromatic N) is 1. The third-order valence-corrected chi connectivity index (χ3v) is 9.91. The molecule has 8 nitrogen and oxygen atoms in total. The van der Waals surface area contributed by atoms with Gasteiger partial charge in [-0.05, 0) is 73.9 Å². The van der Waals surface area contributed by atoms with E-state index in [1.165, 1.54) is 11.1 Å². The number of carbonyl (C=O) groups excluding carboxylic acids is 1. The summed E-state index contributed by atoms with van der Waals surface area (Å²) in [5.74, 6) is 0.0115. The van der Waals surface area contributed by atoms with Gasteiger partial charge in [0.25, 0.3) is 5.91 Å². The molecule has 1 saturated heterocycles. The number of benzene rings is 3. The molecule has 6 N–H and O–H groups in total. The van der Waals surface area contributed by atoms with Crippen molar-refractivity contribution in [1.82, 2.24) is 10.6 Å². The van der Waals surface area contributed by atoms with E-state index < -0.39 is 22.9 Å². The molecule has 0 radical (unpaired) electrons. The van der Waals surface area contributed by atoms with E-state index in [9.17, 15) is 19.0 Å². The highest BCUT2D eigenvalue weighted by atomic mass is 35.5. The van der Waals surface area contributed by atoms with Crippen LogP contribution in [0.15, 0.2) is 72.8 Å². The van der Waals surface area contributed by atoms with Gasteiger partial charge in [-0.15, -0.1) is 23.2 Å². The first-order chi connectivity index (χ1) is 19.8. The maximum atomic E-state index is 13.7. The van der Waals surface area contributed by atoms with Crippen molar-refractivity contribution in [3.05, 3.63) is 95.1 Å². The maximum Gasteiger partial charge on any atom is 0.251 e. The normalized spacial score (nSPS) is 18.3. The summed E-state index contributed by atoms with van der Waals surface area (Å²) in [5, 5.41) is 21.2. The van der Waals surface area contributed by atoms with Crippen LogP contribution in [0.3, 0.4) is 0 Å². The van der Waals surface area contributed by atoms with Crippen LogP contribution in [0.2, 0.25) is 0 Å². The van der Waals surface area contributed by atoms with Gasteiger partial charge in [-0.25, -0.2) is 0 Å². The number of hydrogen-bond donors (Lipinski definition) is 6. The fourth-order valence-electron chi connectivity index (χ4n) is 5.83. The predicted octanol–water partition coefficient (Wildman–Crippen LogP) is 5.27. The molecule has 1 fully saturated rings. The lowest BCUT2D eigenvalue weighted by Crippen LogP contribution is -2.50. The first-order valence-electron chi connectivity index (χ1n) is 14.6. The zero-order chi connectivity index (χ0) is 28.8. The molecular formula is C32H43ClN4O4S. The Hall–Kier alpha value is -2.79. The topological polar surface area (TPSA) is 117 Å². The lowest BCUT2D eigenvalue weighted by atomic mass is 10.00. The fraction of sp³-hybridized carbons (Fsp3) is 0.406. The van der Waals surface area contributed by atoms with E-state index in [0.29, 0.717) is 43.1 Å². The monoisotopic (exact) mass is 614 g/mol. The van der Waals surface area contributed by atoms with Gasteiger partial charge in [0, 0.05) is 36.9 Å². The molecule has 10 heteroatoms. The molecule has 3 aromatic carbocycles. The molecule has 228 valence electrons. The fourth-order valence-corrected chi connectivity index (χ4v) is 7.51. The molecule has 0 spiro atoms. The van der Waals surface area contributed by atoms with E-state index in [0.717, 1.165) is 36.9 Å². The molecular weight excluding hydrogens is 572 g/mol. The molecule has 2 aliphatic rings. The molecule has 2 atom stereocenters. The summed E-state index contributed by atoms with van der Waals surface area (Å²) in [4.78, 5) is 13.7. The summed E-state index contributed by atoms with van der Waals surface area (Å²) >= 11 is 0. The first-order valence-corrected chi connectivity index (χ1v) is 16.2. The summed E-state index contributed by atoms with van der Waals surface area (Å²) in [7, 11) is -2.94. The highest BCUT2D eigenvalue weighted by molar-refractivity contribution is 8.25. The third kappa shape index (κ3) is 7.98. The van der Waals surface area contributed by atoms with Crippen molar-refractivity contribution in [2.75, 3.05) is 35.0 Å². The Morgan fingerprint density at radius 3 is 2.36 bits per heavy atom. The van der Waals surface area contributed by atoms with E-state index in [1.54, 1.807) is 16.4 Å². The van der Waals surface area contributed by atoms with Crippen molar-refractivity contribution in [3.8, 4) is 0 Å². The second-order valence-corrected chi connectivity index (χ2v) is 13.2. The SMILES string of the molecule is CCNc1cc(C(=O)N[C@@H](Cc2ccccc2)[C@H](O)CNC2Cc3ccccc3C2)cc(N2CCCCS2(O)O)c1.Cl. The van der Waals surface area contributed by atoms with Gasteiger partial charge >= 0.3 is 0 Å². The first kappa shape index (κ1) is 32.1. The second kappa shape index (κ2) is 14.6. The van der Waals surface area contributed by atoms with Gasteiger partial charge in [-0.1, -0.05) is 54.6 Å².